The first-order valence-electron chi connectivity index (χ1n) is 9.53. The van der Waals surface area contributed by atoms with E-state index in [9.17, 15) is 4.79 Å². The average Bonchev–Trinajstić information content (AvgIpc) is 2.69. The topological polar surface area (TPSA) is 44.4 Å². The predicted octanol–water partition coefficient (Wildman–Crippen LogP) is 4.42. The van der Waals surface area contributed by atoms with Crippen molar-refractivity contribution in [3.63, 3.8) is 0 Å². The Kier molecular flexibility index (Phi) is 6.45. The summed E-state index contributed by atoms with van der Waals surface area (Å²) >= 11 is 5.40. The van der Waals surface area contributed by atoms with Gasteiger partial charge in [-0.25, -0.2) is 0 Å². The van der Waals surface area contributed by atoms with E-state index in [1.165, 1.54) is 17.5 Å². The van der Waals surface area contributed by atoms with Gasteiger partial charge in [-0.3, -0.25) is 4.79 Å². The predicted molar refractivity (Wildman–Crippen MR) is 115 cm³/mol. The molecule has 0 radical (unpaired) electrons. The molecule has 1 aliphatic rings. The third kappa shape index (κ3) is 5.30. The minimum absolute atomic E-state index is 0.132. The van der Waals surface area contributed by atoms with Crippen molar-refractivity contribution >= 4 is 28.9 Å². The summed E-state index contributed by atoms with van der Waals surface area (Å²) in [6, 6.07) is 14.0. The average molecular weight is 382 g/mol. The molecule has 2 N–H and O–H groups in total. The van der Waals surface area contributed by atoms with Gasteiger partial charge in [-0.15, -0.1) is 0 Å². The number of piperidine rings is 1. The summed E-state index contributed by atoms with van der Waals surface area (Å²) < 4.78 is 0. The summed E-state index contributed by atoms with van der Waals surface area (Å²) in [5.74, 6) is 0.132. The Bertz CT molecular complexity index is 828. The number of nitrogens with zero attached hydrogens (tertiary/aromatic N) is 1. The molecule has 0 atom stereocenters. The SMILES string of the molecule is Cc1ccc(NC(=S)NCc2cccc(C(=O)N3CCCCC3)c2)cc1C. The fourth-order valence-electron chi connectivity index (χ4n) is 3.27. The lowest BCUT2D eigenvalue weighted by Gasteiger charge is -2.26. The Balaban J connectivity index is 1.56. The molecule has 4 nitrogen and oxygen atoms in total. The van der Waals surface area contributed by atoms with E-state index in [2.05, 4.69) is 36.6 Å². The first-order chi connectivity index (χ1) is 13.0. The maximum absolute atomic E-state index is 12.7. The fourth-order valence-corrected chi connectivity index (χ4v) is 3.46. The molecule has 0 unspecified atom stereocenters. The first-order valence-corrected chi connectivity index (χ1v) is 9.94. The molecule has 27 heavy (non-hydrogen) atoms. The van der Waals surface area contributed by atoms with Gasteiger partial charge in [0.1, 0.15) is 0 Å². The van der Waals surface area contributed by atoms with Gasteiger partial charge in [0.25, 0.3) is 5.91 Å². The number of carbonyl (C=O) groups excluding carboxylic acids is 1. The van der Waals surface area contributed by atoms with Gasteiger partial charge in [-0.05, 0) is 86.3 Å². The van der Waals surface area contributed by atoms with E-state index in [1.807, 2.05) is 35.2 Å². The van der Waals surface area contributed by atoms with E-state index in [0.717, 1.165) is 42.7 Å². The van der Waals surface area contributed by atoms with Crippen molar-refractivity contribution in [1.29, 1.82) is 0 Å². The molecule has 0 aliphatic carbocycles. The monoisotopic (exact) mass is 381 g/mol. The minimum Gasteiger partial charge on any atom is -0.358 e. The van der Waals surface area contributed by atoms with Crippen molar-refractivity contribution in [3.05, 3.63) is 64.7 Å². The summed E-state index contributed by atoms with van der Waals surface area (Å²) in [6.45, 7) is 6.49. The number of benzene rings is 2. The summed E-state index contributed by atoms with van der Waals surface area (Å²) in [6.07, 6.45) is 3.43. The van der Waals surface area contributed by atoms with Gasteiger partial charge in [0, 0.05) is 30.9 Å². The van der Waals surface area contributed by atoms with E-state index in [0.29, 0.717) is 11.7 Å². The number of carbonyl (C=O) groups is 1. The van der Waals surface area contributed by atoms with Crippen LogP contribution in [0.5, 0.6) is 0 Å². The van der Waals surface area contributed by atoms with Crippen LogP contribution in [0.2, 0.25) is 0 Å². The van der Waals surface area contributed by atoms with E-state index in [1.54, 1.807) is 0 Å². The third-order valence-electron chi connectivity index (χ3n) is 5.04. The molecule has 1 fully saturated rings. The highest BCUT2D eigenvalue weighted by Crippen LogP contribution is 2.15. The zero-order valence-electron chi connectivity index (χ0n) is 16.0. The van der Waals surface area contributed by atoms with Crippen molar-refractivity contribution in [2.45, 2.75) is 39.7 Å². The van der Waals surface area contributed by atoms with Gasteiger partial charge in [-0.2, -0.15) is 0 Å². The number of thiocarbonyl (C=S) groups is 1. The molecule has 5 heteroatoms. The van der Waals surface area contributed by atoms with Crippen LogP contribution in [-0.2, 0) is 6.54 Å². The Hall–Kier alpha value is -2.40. The second-order valence-electron chi connectivity index (χ2n) is 7.16. The number of rotatable bonds is 4. The van der Waals surface area contributed by atoms with Gasteiger partial charge in [-0.1, -0.05) is 18.2 Å². The van der Waals surface area contributed by atoms with Crippen LogP contribution >= 0.6 is 12.2 Å². The zero-order valence-corrected chi connectivity index (χ0v) is 16.9. The second-order valence-corrected chi connectivity index (χ2v) is 7.57. The lowest BCUT2D eigenvalue weighted by atomic mass is 10.1. The highest BCUT2D eigenvalue weighted by atomic mass is 32.1. The third-order valence-corrected chi connectivity index (χ3v) is 5.28. The number of likely N-dealkylation sites (tertiary alicyclic amines) is 1. The Morgan fingerprint density at radius 3 is 2.56 bits per heavy atom. The van der Waals surface area contributed by atoms with Crippen LogP contribution in [0, 0.1) is 13.8 Å². The van der Waals surface area contributed by atoms with E-state index < -0.39 is 0 Å². The Labute approximate surface area is 167 Å². The van der Waals surface area contributed by atoms with E-state index in [-0.39, 0.29) is 5.91 Å². The normalized spacial score (nSPS) is 13.9. The standard InChI is InChI=1S/C22H27N3OS/c1-16-9-10-20(13-17(16)2)24-22(27)23-15-18-7-6-8-19(14-18)21(26)25-11-4-3-5-12-25/h6-10,13-14H,3-5,11-12,15H2,1-2H3,(H2,23,24,27). The molecule has 0 saturated carbocycles. The maximum Gasteiger partial charge on any atom is 0.253 e. The van der Waals surface area contributed by atoms with Crippen LogP contribution in [0.15, 0.2) is 42.5 Å². The molecule has 0 spiro atoms. The molecule has 3 rings (SSSR count). The summed E-state index contributed by atoms with van der Waals surface area (Å²) in [5, 5.41) is 7.01. The lowest BCUT2D eigenvalue weighted by molar-refractivity contribution is 0.0724. The van der Waals surface area contributed by atoms with Crippen LogP contribution < -0.4 is 10.6 Å². The van der Waals surface area contributed by atoms with Crippen LogP contribution in [0.4, 0.5) is 5.69 Å². The maximum atomic E-state index is 12.7. The van der Waals surface area contributed by atoms with Crippen LogP contribution in [0.1, 0.15) is 46.3 Å². The fraction of sp³-hybridized carbons (Fsp3) is 0.364. The molecule has 1 amide bonds. The number of hydrogen-bond donors (Lipinski definition) is 2. The number of hydrogen-bond acceptors (Lipinski definition) is 2. The van der Waals surface area contributed by atoms with Gasteiger partial charge < -0.3 is 15.5 Å². The van der Waals surface area contributed by atoms with Crippen molar-refractivity contribution < 1.29 is 4.79 Å². The van der Waals surface area contributed by atoms with Crippen LogP contribution in [0.3, 0.4) is 0 Å². The van der Waals surface area contributed by atoms with E-state index in [4.69, 9.17) is 12.2 Å². The van der Waals surface area contributed by atoms with Gasteiger partial charge in [0.05, 0.1) is 0 Å². The molecular weight excluding hydrogens is 354 g/mol. The minimum atomic E-state index is 0.132. The largest absolute Gasteiger partial charge is 0.358 e. The van der Waals surface area contributed by atoms with Crippen molar-refractivity contribution in [2.75, 3.05) is 18.4 Å². The molecule has 142 valence electrons. The molecule has 2 aromatic rings. The van der Waals surface area contributed by atoms with Gasteiger partial charge in [0.2, 0.25) is 0 Å². The highest BCUT2D eigenvalue weighted by molar-refractivity contribution is 7.80. The smallest absolute Gasteiger partial charge is 0.253 e. The molecular formula is C22H27N3OS. The molecule has 1 heterocycles. The molecule has 1 aliphatic heterocycles. The number of aryl methyl sites for hydroxylation is 2. The first kappa shape index (κ1) is 19.4. The number of nitrogens with one attached hydrogen (secondary N) is 2. The van der Waals surface area contributed by atoms with Gasteiger partial charge in [0.15, 0.2) is 5.11 Å². The van der Waals surface area contributed by atoms with Crippen molar-refractivity contribution in [3.8, 4) is 0 Å². The highest BCUT2D eigenvalue weighted by Gasteiger charge is 2.18. The summed E-state index contributed by atoms with van der Waals surface area (Å²) in [5.41, 5.74) is 5.26. The molecule has 1 saturated heterocycles. The van der Waals surface area contributed by atoms with Crippen LogP contribution in [-0.4, -0.2) is 29.0 Å². The van der Waals surface area contributed by atoms with E-state index >= 15 is 0 Å². The van der Waals surface area contributed by atoms with Crippen molar-refractivity contribution in [2.24, 2.45) is 0 Å². The Morgan fingerprint density at radius 2 is 1.81 bits per heavy atom. The number of amides is 1. The molecule has 0 bridgehead atoms. The zero-order chi connectivity index (χ0) is 19.2. The van der Waals surface area contributed by atoms with Crippen LogP contribution in [0.25, 0.3) is 0 Å². The Morgan fingerprint density at radius 1 is 1.04 bits per heavy atom. The second kappa shape index (κ2) is 9.00. The number of anilines is 1. The van der Waals surface area contributed by atoms with Crippen molar-refractivity contribution in [1.82, 2.24) is 10.2 Å². The summed E-state index contributed by atoms with van der Waals surface area (Å²) in [4.78, 5) is 14.6. The molecule has 2 aromatic carbocycles. The quantitative estimate of drug-likeness (QED) is 0.770. The molecule has 0 aromatic heterocycles. The van der Waals surface area contributed by atoms with Gasteiger partial charge >= 0.3 is 0 Å². The lowest BCUT2D eigenvalue weighted by Crippen LogP contribution is -2.35. The summed E-state index contributed by atoms with van der Waals surface area (Å²) in [7, 11) is 0.